The lowest BCUT2D eigenvalue weighted by molar-refractivity contribution is -0.919. The molecule has 0 bridgehead atoms. The summed E-state index contributed by atoms with van der Waals surface area (Å²) in [5.74, 6) is 0.640. The van der Waals surface area contributed by atoms with Gasteiger partial charge in [0, 0.05) is 29.3 Å². The molecule has 4 heteroatoms. The van der Waals surface area contributed by atoms with Gasteiger partial charge < -0.3 is 4.90 Å². The number of hydrogen-bond acceptors (Lipinski definition) is 2. The van der Waals surface area contributed by atoms with Gasteiger partial charge in [0.1, 0.15) is 6.54 Å². The van der Waals surface area contributed by atoms with Gasteiger partial charge in [-0.1, -0.05) is 35.9 Å². The molecule has 0 aliphatic carbocycles. The number of quaternary nitrogens is 1. The molecule has 2 heterocycles. The normalized spacial score (nSPS) is 21.6. The number of hydrogen-bond donors (Lipinski definition) is 1. The predicted molar refractivity (Wildman–Crippen MR) is 97.4 cm³/mol. The van der Waals surface area contributed by atoms with Gasteiger partial charge in [0.25, 0.3) is 0 Å². The molecule has 1 aromatic heterocycles. The zero-order chi connectivity index (χ0) is 15.6. The summed E-state index contributed by atoms with van der Waals surface area (Å²) in [6, 6.07) is 16.7. The Morgan fingerprint density at radius 3 is 2.52 bits per heavy atom. The molecule has 3 aromatic rings. The van der Waals surface area contributed by atoms with Crippen LogP contribution in [-0.2, 0) is 6.54 Å². The van der Waals surface area contributed by atoms with E-state index in [1.165, 1.54) is 41.2 Å². The van der Waals surface area contributed by atoms with Crippen LogP contribution in [0.25, 0.3) is 10.2 Å². The third-order valence-electron chi connectivity index (χ3n) is 4.72. The minimum Gasteiger partial charge on any atom is -0.331 e. The number of halogens is 1. The van der Waals surface area contributed by atoms with Crippen LogP contribution in [0, 0.1) is 0 Å². The summed E-state index contributed by atoms with van der Waals surface area (Å²) in [6.07, 6.45) is 2.48. The van der Waals surface area contributed by atoms with Gasteiger partial charge in [-0.05, 0) is 24.3 Å². The van der Waals surface area contributed by atoms with Gasteiger partial charge in [-0.25, -0.2) is 4.98 Å². The third-order valence-corrected chi connectivity index (χ3v) is 6.17. The van der Waals surface area contributed by atoms with Gasteiger partial charge in [0.15, 0.2) is 0 Å². The molecule has 0 atom stereocenters. The Bertz CT molecular complexity index is 755. The van der Waals surface area contributed by atoms with Crippen molar-refractivity contribution < 1.29 is 4.90 Å². The number of thiazole rings is 1. The number of nitrogens with zero attached hydrogens (tertiary/aromatic N) is 1. The fourth-order valence-electron chi connectivity index (χ4n) is 3.41. The molecule has 1 aliphatic heterocycles. The zero-order valence-corrected chi connectivity index (χ0v) is 14.5. The second-order valence-electron chi connectivity index (χ2n) is 6.35. The monoisotopic (exact) mass is 343 g/mol. The molecular formula is C19H20ClN2S+. The molecule has 0 spiro atoms. The van der Waals surface area contributed by atoms with Crippen molar-refractivity contribution in [1.82, 2.24) is 4.98 Å². The molecule has 1 N–H and O–H groups in total. The molecule has 0 saturated carbocycles. The van der Waals surface area contributed by atoms with Gasteiger partial charge in [-0.15, -0.1) is 11.3 Å². The van der Waals surface area contributed by atoms with Gasteiger partial charge in [-0.3, -0.25) is 0 Å². The van der Waals surface area contributed by atoms with Crippen LogP contribution in [0.1, 0.15) is 29.3 Å². The van der Waals surface area contributed by atoms with E-state index in [9.17, 15) is 0 Å². The van der Waals surface area contributed by atoms with Crippen molar-refractivity contribution in [2.75, 3.05) is 13.1 Å². The molecule has 4 rings (SSSR count). The Labute approximate surface area is 145 Å². The van der Waals surface area contributed by atoms with E-state index in [1.54, 1.807) is 4.90 Å². The van der Waals surface area contributed by atoms with Crippen LogP contribution in [0.3, 0.4) is 0 Å². The quantitative estimate of drug-likeness (QED) is 0.763. The summed E-state index contributed by atoms with van der Waals surface area (Å²) in [5, 5.41) is 2.15. The highest BCUT2D eigenvalue weighted by molar-refractivity contribution is 7.18. The average molecular weight is 344 g/mol. The Kier molecular flexibility index (Phi) is 4.34. The Morgan fingerprint density at radius 2 is 1.78 bits per heavy atom. The van der Waals surface area contributed by atoms with Crippen molar-refractivity contribution >= 4 is 33.2 Å². The highest BCUT2D eigenvalue weighted by Crippen LogP contribution is 2.31. The van der Waals surface area contributed by atoms with E-state index >= 15 is 0 Å². The van der Waals surface area contributed by atoms with Crippen LogP contribution in [0.15, 0.2) is 48.5 Å². The maximum absolute atomic E-state index is 5.96. The fraction of sp³-hybridized carbons (Fsp3) is 0.316. The highest BCUT2D eigenvalue weighted by atomic mass is 35.5. The van der Waals surface area contributed by atoms with E-state index < -0.39 is 0 Å². The molecule has 0 unspecified atom stereocenters. The summed E-state index contributed by atoms with van der Waals surface area (Å²) in [4.78, 5) is 6.52. The molecule has 118 valence electrons. The van der Waals surface area contributed by atoms with Crippen molar-refractivity contribution in [3.63, 3.8) is 0 Å². The second kappa shape index (κ2) is 6.60. The van der Waals surface area contributed by atoms with Crippen LogP contribution < -0.4 is 4.90 Å². The zero-order valence-electron chi connectivity index (χ0n) is 13.0. The lowest BCUT2D eigenvalue weighted by atomic mass is 9.97. The molecule has 0 radical (unpaired) electrons. The maximum Gasteiger partial charge on any atom is 0.103 e. The number of likely N-dealkylation sites (tertiary alicyclic amines) is 1. The summed E-state index contributed by atoms with van der Waals surface area (Å²) >= 11 is 7.84. The maximum atomic E-state index is 5.96. The standard InChI is InChI=1S/C19H19ClN2S/c20-16-7-5-14(6-8-16)13-22-11-9-15(10-12-22)19-21-17-3-1-2-4-18(17)23-19/h1-8,15H,9-13H2/p+1. The number of aromatic nitrogens is 1. The fourth-order valence-corrected chi connectivity index (χ4v) is 4.67. The molecule has 23 heavy (non-hydrogen) atoms. The number of benzene rings is 2. The smallest absolute Gasteiger partial charge is 0.103 e. The van der Waals surface area contributed by atoms with E-state index in [0.29, 0.717) is 5.92 Å². The molecule has 1 aliphatic rings. The van der Waals surface area contributed by atoms with Crippen molar-refractivity contribution in [3.05, 3.63) is 64.1 Å². The molecule has 2 aromatic carbocycles. The lowest BCUT2D eigenvalue weighted by Gasteiger charge is -2.28. The minimum atomic E-state index is 0.640. The van der Waals surface area contributed by atoms with Crippen LogP contribution in [0.5, 0.6) is 0 Å². The molecule has 1 fully saturated rings. The number of para-hydroxylation sites is 1. The van der Waals surface area contributed by atoms with E-state index in [4.69, 9.17) is 16.6 Å². The highest BCUT2D eigenvalue weighted by Gasteiger charge is 2.25. The first-order valence-corrected chi connectivity index (χ1v) is 9.41. The van der Waals surface area contributed by atoms with Crippen molar-refractivity contribution in [1.29, 1.82) is 0 Å². The van der Waals surface area contributed by atoms with Crippen LogP contribution in [0.4, 0.5) is 0 Å². The summed E-state index contributed by atoms with van der Waals surface area (Å²) in [7, 11) is 0. The van der Waals surface area contributed by atoms with Crippen LogP contribution >= 0.6 is 22.9 Å². The largest absolute Gasteiger partial charge is 0.331 e. The molecule has 0 amide bonds. The Balaban J connectivity index is 1.39. The van der Waals surface area contributed by atoms with Crippen molar-refractivity contribution in [3.8, 4) is 0 Å². The number of fused-ring (bicyclic) bond motifs is 1. The first-order valence-electron chi connectivity index (χ1n) is 8.21. The Morgan fingerprint density at radius 1 is 1.04 bits per heavy atom. The second-order valence-corrected chi connectivity index (χ2v) is 7.85. The first-order chi connectivity index (χ1) is 11.3. The van der Waals surface area contributed by atoms with E-state index in [0.717, 1.165) is 17.1 Å². The summed E-state index contributed by atoms with van der Waals surface area (Å²) < 4.78 is 1.32. The van der Waals surface area contributed by atoms with Gasteiger partial charge in [0.2, 0.25) is 0 Å². The summed E-state index contributed by atoms with van der Waals surface area (Å²) in [6.45, 7) is 3.55. The number of nitrogens with one attached hydrogen (secondary N) is 1. The van der Waals surface area contributed by atoms with E-state index in [1.807, 2.05) is 23.5 Å². The van der Waals surface area contributed by atoms with E-state index in [-0.39, 0.29) is 0 Å². The first kappa shape index (κ1) is 15.1. The minimum absolute atomic E-state index is 0.640. The lowest BCUT2D eigenvalue weighted by Crippen LogP contribution is -3.11. The SMILES string of the molecule is Clc1ccc(C[NH+]2CCC(c3nc4ccccc4s3)CC2)cc1. The molecule has 2 nitrogen and oxygen atoms in total. The van der Waals surface area contributed by atoms with Crippen LogP contribution in [-0.4, -0.2) is 18.1 Å². The van der Waals surface area contributed by atoms with Crippen molar-refractivity contribution in [2.24, 2.45) is 0 Å². The van der Waals surface area contributed by atoms with Crippen LogP contribution in [0.2, 0.25) is 5.02 Å². The van der Waals surface area contributed by atoms with Crippen molar-refractivity contribution in [2.45, 2.75) is 25.3 Å². The number of piperidine rings is 1. The van der Waals surface area contributed by atoms with Gasteiger partial charge in [-0.2, -0.15) is 0 Å². The van der Waals surface area contributed by atoms with Gasteiger partial charge in [0.05, 0.1) is 28.3 Å². The van der Waals surface area contributed by atoms with Gasteiger partial charge >= 0.3 is 0 Å². The van der Waals surface area contributed by atoms with E-state index in [2.05, 4.69) is 36.4 Å². The average Bonchev–Trinajstić information content (AvgIpc) is 3.02. The summed E-state index contributed by atoms with van der Waals surface area (Å²) in [5.41, 5.74) is 2.53. The molecular weight excluding hydrogens is 324 g/mol. The number of rotatable bonds is 3. The predicted octanol–water partition coefficient (Wildman–Crippen LogP) is 3.91. The topological polar surface area (TPSA) is 17.3 Å². The third kappa shape index (κ3) is 3.42. The Hall–Kier alpha value is -1.42. The molecule has 1 saturated heterocycles.